The Morgan fingerprint density at radius 2 is 1.78 bits per heavy atom. The summed E-state index contributed by atoms with van der Waals surface area (Å²) in [6.45, 7) is 1.96. The van der Waals surface area contributed by atoms with Crippen molar-refractivity contribution in [1.29, 1.82) is 0 Å². The van der Waals surface area contributed by atoms with E-state index < -0.39 is 10.0 Å². The number of sulfonamides is 1. The second-order valence-corrected chi connectivity index (χ2v) is 8.08. The molecule has 23 heavy (non-hydrogen) atoms. The molecule has 0 radical (unpaired) electrons. The molecule has 1 aromatic carbocycles. The summed E-state index contributed by atoms with van der Waals surface area (Å²) < 4.78 is 30.3. The highest BCUT2D eigenvalue weighted by Crippen LogP contribution is 2.30. The molecule has 3 rings (SSSR count). The minimum Gasteiger partial charge on any atom is -0.352 e. The summed E-state index contributed by atoms with van der Waals surface area (Å²) in [6, 6.07) is 9.73. The zero-order valence-electron chi connectivity index (χ0n) is 13.2. The third kappa shape index (κ3) is 3.57. The highest BCUT2D eigenvalue weighted by atomic mass is 32.2. The van der Waals surface area contributed by atoms with E-state index in [-0.39, 0.29) is 18.1 Å². The number of nitrogens with zero attached hydrogens (tertiary/aromatic N) is 2. The lowest BCUT2D eigenvalue weighted by molar-refractivity contribution is -0.142. The first kappa shape index (κ1) is 16.4. The number of hydrogen-bond acceptors (Lipinski definition) is 4. The van der Waals surface area contributed by atoms with Crippen LogP contribution in [-0.4, -0.2) is 56.0 Å². The fourth-order valence-corrected chi connectivity index (χ4v) is 4.13. The summed E-state index contributed by atoms with van der Waals surface area (Å²) in [5, 5.41) is 0. The number of carbonyl (C=O) groups is 1. The van der Waals surface area contributed by atoms with E-state index in [4.69, 9.17) is 4.74 Å². The summed E-state index contributed by atoms with van der Waals surface area (Å²) in [6.07, 6.45) is 2.04. The Hall–Kier alpha value is -1.44. The van der Waals surface area contributed by atoms with Gasteiger partial charge >= 0.3 is 0 Å². The Bertz CT molecular complexity index is 654. The molecule has 2 fully saturated rings. The van der Waals surface area contributed by atoms with Crippen LogP contribution in [0.4, 0.5) is 0 Å². The van der Waals surface area contributed by atoms with Gasteiger partial charge in [-0.05, 0) is 12.8 Å². The minimum atomic E-state index is -3.16. The third-order valence-electron chi connectivity index (χ3n) is 4.53. The van der Waals surface area contributed by atoms with E-state index in [1.807, 2.05) is 30.3 Å². The first-order valence-electron chi connectivity index (χ1n) is 7.89. The van der Waals surface area contributed by atoms with E-state index in [0.29, 0.717) is 39.1 Å². The largest absolute Gasteiger partial charge is 0.352 e. The molecule has 0 saturated carbocycles. The Labute approximate surface area is 137 Å². The molecule has 7 heteroatoms. The van der Waals surface area contributed by atoms with Crippen LogP contribution >= 0.6 is 0 Å². The Morgan fingerprint density at radius 1 is 1.13 bits per heavy atom. The molecule has 0 aliphatic carbocycles. The van der Waals surface area contributed by atoms with E-state index in [0.717, 1.165) is 5.56 Å². The number of amides is 1. The van der Waals surface area contributed by atoms with Gasteiger partial charge in [0.1, 0.15) is 0 Å². The van der Waals surface area contributed by atoms with Gasteiger partial charge in [-0.2, -0.15) is 0 Å². The average Bonchev–Trinajstić information content (AvgIpc) is 3.04. The number of ether oxygens (including phenoxy) is 1. The SMILES string of the molecule is CS(=O)(=O)N1CCC(C(=O)N2CCOC2c2ccccc2)CC1. The average molecular weight is 338 g/mol. The molecule has 6 nitrogen and oxygen atoms in total. The molecule has 126 valence electrons. The van der Waals surface area contributed by atoms with Gasteiger partial charge in [0.05, 0.1) is 12.9 Å². The van der Waals surface area contributed by atoms with Crippen molar-refractivity contribution in [3.05, 3.63) is 35.9 Å². The van der Waals surface area contributed by atoms with Crippen LogP contribution in [0.3, 0.4) is 0 Å². The van der Waals surface area contributed by atoms with E-state index in [2.05, 4.69) is 0 Å². The van der Waals surface area contributed by atoms with E-state index in [9.17, 15) is 13.2 Å². The van der Waals surface area contributed by atoms with Crippen LogP contribution in [0.15, 0.2) is 30.3 Å². The predicted octanol–water partition coefficient (Wildman–Crippen LogP) is 1.22. The fraction of sp³-hybridized carbons (Fsp3) is 0.562. The molecule has 0 spiro atoms. The van der Waals surface area contributed by atoms with Crippen molar-refractivity contribution in [2.24, 2.45) is 5.92 Å². The standard InChI is InChI=1S/C16H22N2O4S/c1-23(20,21)17-9-7-13(8-10-17)15(19)18-11-12-22-16(18)14-5-3-2-4-6-14/h2-6,13,16H,7-12H2,1H3. The van der Waals surface area contributed by atoms with Gasteiger partial charge < -0.3 is 9.64 Å². The first-order valence-corrected chi connectivity index (χ1v) is 9.74. The van der Waals surface area contributed by atoms with Crippen LogP contribution in [0.2, 0.25) is 0 Å². The quantitative estimate of drug-likeness (QED) is 0.831. The maximum atomic E-state index is 12.8. The molecule has 2 heterocycles. The lowest BCUT2D eigenvalue weighted by Gasteiger charge is -2.33. The summed E-state index contributed by atoms with van der Waals surface area (Å²) in [5.74, 6) is -0.0505. The summed E-state index contributed by atoms with van der Waals surface area (Å²) in [5.41, 5.74) is 0.979. The third-order valence-corrected chi connectivity index (χ3v) is 5.83. The number of carbonyl (C=O) groups excluding carboxylic acids is 1. The lowest BCUT2D eigenvalue weighted by atomic mass is 9.96. The van der Waals surface area contributed by atoms with Gasteiger partial charge in [0, 0.05) is 31.1 Å². The maximum absolute atomic E-state index is 12.8. The first-order chi connectivity index (χ1) is 11.0. The smallest absolute Gasteiger partial charge is 0.228 e. The van der Waals surface area contributed by atoms with Crippen molar-refractivity contribution < 1.29 is 17.9 Å². The predicted molar refractivity (Wildman–Crippen MR) is 86.0 cm³/mol. The molecule has 1 aromatic rings. The highest BCUT2D eigenvalue weighted by Gasteiger charge is 2.37. The molecule has 0 aromatic heterocycles. The molecular formula is C16H22N2O4S. The highest BCUT2D eigenvalue weighted by molar-refractivity contribution is 7.88. The van der Waals surface area contributed by atoms with E-state index in [1.54, 1.807) is 4.90 Å². The molecule has 1 atom stereocenters. The maximum Gasteiger partial charge on any atom is 0.228 e. The van der Waals surface area contributed by atoms with Gasteiger partial charge in [-0.25, -0.2) is 12.7 Å². The second kappa shape index (κ2) is 6.59. The molecular weight excluding hydrogens is 316 g/mol. The lowest BCUT2D eigenvalue weighted by Crippen LogP contribution is -2.44. The number of piperidine rings is 1. The zero-order chi connectivity index (χ0) is 16.4. The summed E-state index contributed by atoms with van der Waals surface area (Å²) in [7, 11) is -3.16. The zero-order valence-corrected chi connectivity index (χ0v) is 14.0. The van der Waals surface area contributed by atoms with Gasteiger partial charge in [0.2, 0.25) is 15.9 Å². The molecule has 0 N–H and O–H groups in total. The molecule has 2 aliphatic heterocycles. The van der Waals surface area contributed by atoms with Gasteiger partial charge in [0.15, 0.2) is 6.23 Å². The van der Waals surface area contributed by atoms with Crippen molar-refractivity contribution in [2.45, 2.75) is 19.1 Å². The Morgan fingerprint density at radius 3 is 2.39 bits per heavy atom. The van der Waals surface area contributed by atoms with E-state index >= 15 is 0 Å². The number of rotatable bonds is 3. The van der Waals surface area contributed by atoms with Crippen molar-refractivity contribution in [1.82, 2.24) is 9.21 Å². The molecule has 1 unspecified atom stereocenters. The second-order valence-electron chi connectivity index (χ2n) is 6.10. The monoisotopic (exact) mass is 338 g/mol. The molecule has 1 amide bonds. The minimum absolute atomic E-state index is 0.0736. The molecule has 2 saturated heterocycles. The normalized spacial score (nSPS) is 24.0. The van der Waals surface area contributed by atoms with Crippen molar-refractivity contribution in [2.75, 3.05) is 32.5 Å². The Kier molecular flexibility index (Phi) is 4.70. The van der Waals surface area contributed by atoms with Crippen LogP contribution < -0.4 is 0 Å². The van der Waals surface area contributed by atoms with Gasteiger partial charge in [0.25, 0.3) is 0 Å². The molecule has 0 bridgehead atoms. The molecule has 2 aliphatic rings. The van der Waals surface area contributed by atoms with Gasteiger partial charge in [-0.1, -0.05) is 30.3 Å². The van der Waals surface area contributed by atoms with Crippen LogP contribution in [0.1, 0.15) is 24.6 Å². The topological polar surface area (TPSA) is 66.9 Å². The van der Waals surface area contributed by atoms with Crippen molar-refractivity contribution in [3.63, 3.8) is 0 Å². The van der Waals surface area contributed by atoms with Crippen LogP contribution in [0, 0.1) is 5.92 Å². The summed E-state index contributed by atoms with van der Waals surface area (Å²) >= 11 is 0. The van der Waals surface area contributed by atoms with E-state index in [1.165, 1.54) is 10.6 Å². The fourth-order valence-electron chi connectivity index (χ4n) is 3.26. The summed E-state index contributed by atoms with van der Waals surface area (Å²) in [4.78, 5) is 14.6. The number of benzene rings is 1. The Balaban J connectivity index is 1.66. The van der Waals surface area contributed by atoms with Gasteiger partial charge in [-0.15, -0.1) is 0 Å². The van der Waals surface area contributed by atoms with Crippen LogP contribution in [-0.2, 0) is 19.6 Å². The van der Waals surface area contributed by atoms with Crippen LogP contribution in [0.25, 0.3) is 0 Å². The van der Waals surface area contributed by atoms with Gasteiger partial charge in [-0.3, -0.25) is 4.79 Å². The van der Waals surface area contributed by atoms with Crippen molar-refractivity contribution >= 4 is 15.9 Å². The van der Waals surface area contributed by atoms with Crippen molar-refractivity contribution in [3.8, 4) is 0 Å². The van der Waals surface area contributed by atoms with Crippen LogP contribution in [0.5, 0.6) is 0 Å². The number of hydrogen-bond donors (Lipinski definition) is 0.